The van der Waals surface area contributed by atoms with Gasteiger partial charge in [0.1, 0.15) is 22.5 Å². The highest BCUT2D eigenvalue weighted by Crippen LogP contribution is 2.44. The number of nitrogens with zero attached hydrogens (tertiary/aromatic N) is 3. The van der Waals surface area contributed by atoms with E-state index in [1.165, 1.54) is 0 Å². The van der Waals surface area contributed by atoms with Crippen molar-refractivity contribution in [2.24, 2.45) is 0 Å². The molecule has 222 valence electrons. The van der Waals surface area contributed by atoms with E-state index in [0.29, 0.717) is 17.0 Å². The molecule has 1 N–H and O–H groups in total. The molecule has 0 amide bonds. The van der Waals surface area contributed by atoms with Gasteiger partial charge in [-0.1, -0.05) is 84.9 Å². The van der Waals surface area contributed by atoms with Gasteiger partial charge in [0.15, 0.2) is 5.82 Å². The van der Waals surface area contributed by atoms with Crippen LogP contribution in [0.2, 0.25) is 0 Å². The van der Waals surface area contributed by atoms with Crippen molar-refractivity contribution in [3.8, 4) is 56.3 Å². The summed E-state index contributed by atoms with van der Waals surface area (Å²) in [5.74, 6) is 0.707. The largest absolute Gasteiger partial charge is 0.507 e. The molecule has 3 heterocycles. The molecule has 9 rings (SSSR count). The molecule has 0 fully saturated rings. The normalized spacial score (nSPS) is 11.5. The number of aromatic hydroxyl groups is 1. The van der Waals surface area contributed by atoms with Gasteiger partial charge in [-0.15, -0.1) is 0 Å². The van der Waals surface area contributed by atoms with Gasteiger partial charge in [0.2, 0.25) is 0 Å². The first-order valence-electron chi connectivity index (χ1n) is 15.6. The number of phenolic OH excluding ortho intramolecular Hbond substituents is 1. The van der Waals surface area contributed by atoms with E-state index in [0.717, 1.165) is 66.6 Å². The number of hydrogen-bond acceptors (Lipinski definition) is 4. The highest BCUT2D eigenvalue weighted by molar-refractivity contribution is 6.11. The fraction of sp³-hybridized carbons (Fsp3) is 0. The van der Waals surface area contributed by atoms with E-state index in [1.54, 1.807) is 6.07 Å². The van der Waals surface area contributed by atoms with Gasteiger partial charge >= 0.3 is 0 Å². The quantitative estimate of drug-likeness (QED) is 0.212. The molecule has 0 aliphatic rings. The molecule has 9 aromatic rings. The second-order valence-corrected chi connectivity index (χ2v) is 11.6. The average molecular weight is 606 g/mol. The highest BCUT2D eigenvalue weighted by Gasteiger charge is 2.24. The summed E-state index contributed by atoms with van der Waals surface area (Å²) >= 11 is 0. The molecule has 0 unspecified atom stereocenters. The lowest BCUT2D eigenvalue weighted by Gasteiger charge is -2.12. The summed E-state index contributed by atoms with van der Waals surface area (Å²) in [5.41, 5.74) is 10.7. The van der Waals surface area contributed by atoms with E-state index in [2.05, 4.69) is 82.3 Å². The van der Waals surface area contributed by atoms with Crippen LogP contribution in [0, 0.1) is 0 Å². The van der Waals surface area contributed by atoms with Crippen LogP contribution in [-0.2, 0) is 0 Å². The zero-order valence-electron chi connectivity index (χ0n) is 25.2. The van der Waals surface area contributed by atoms with Gasteiger partial charge in [-0.3, -0.25) is 9.55 Å². The monoisotopic (exact) mass is 605 g/mol. The first-order chi connectivity index (χ1) is 23.2. The molecule has 5 heteroatoms. The third-order valence-electron chi connectivity index (χ3n) is 8.76. The SMILES string of the molecule is Oc1ccc2c(oc3ccccc32)c1-c1nc2c(-c3cc(-c4ccccc4)cc(-c4ccccn4)c3)cccc2n1-c1ccccc1. The number of para-hydroxylation sites is 3. The number of fused-ring (bicyclic) bond motifs is 4. The van der Waals surface area contributed by atoms with Crippen molar-refractivity contribution in [2.45, 2.75) is 0 Å². The van der Waals surface area contributed by atoms with E-state index in [-0.39, 0.29) is 5.75 Å². The van der Waals surface area contributed by atoms with Crippen molar-refractivity contribution in [3.63, 3.8) is 0 Å². The summed E-state index contributed by atoms with van der Waals surface area (Å²) in [6.45, 7) is 0. The number of aromatic nitrogens is 3. The van der Waals surface area contributed by atoms with Crippen LogP contribution in [0.25, 0.3) is 83.6 Å². The standard InChI is InChI=1S/C42H27N3O2/c46-37-22-21-34-33-16-7-8-20-38(33)47-41(34)39(37)42-44-40-32(17-11-19-36(40)45(42)31-14-5-2-6-15-31)29-24-28(27-12-3-1-4-13-27)25-30(26-29)35-18-9-10-23-43-35/h1-26,46H. The molecule has 3 aromatic heterocycles. The fourth-order valence-corrected chi connectivity index (χ4v) is 6.59. The van der Waals surface area contributed by atoms with E-state index >= 15 is 0 Å². The Labute approximate surface area is 270 Å². The molecular formula is C42H27N3O2. The van der Waals surface area contributed by atoms with Crippen LogP contribution >= 0.6 is 0 Å². The van der Waals surface area contributed by atoms with Crippen molar-refractivity contribution in [1.29, 1.82) is 0 Å². The minimum absolute atomic E-state index is 0.106. The molecule has 47 heavy (non-hydrogen) atoms. The summed E-state index contributed by atoms with van der Waals surface area (Å²) in [6.07, 6.45) is 1.82. The van der Waals surface area contributed by atoms with E-state index in [9.17, 15) is 5.11 Å². The maximum Gasteiger partial charge on any atom is 0.153 e. The summed E-state index contributed by atoms with van der Waals surface area (Å²) in [6, 6.07) is 51.0. The number of pyridine rings is 1. The summed E-state index contributed by atoms with van der Waals surface area (Å²) < 4.78 is 8.54. The van der Waals surface area contributed by atoms with Crippen molar-refractivity contribution >= 4 is 33.0 Å². The van der Waals surface area contributed by atoms with Crippen LogP contribution < -0.4 is 0 Å². The Kier molecular flexibility index (Phi) is 6.22. The van der Waals surface area contributed by atoms with Gasteiger partial charge in [0.25, 0.3) is 0 Å². The maximum absolute atomic E-state index is 11.5. The third kappa shape index (κ3) is 4.48. The van der Waals surface area contributed by atoms with Gasteiger partial charge in [0.05, 0.1) is 16.7 Å². The van der Waals surface area contributed by atoms with Crippen LogP contribution in [0.5, 0.6) is 5.75 Å². The Bertz CT molecular complexity index is 2510. The van der Waals surface area contributed by atoms with Crippen molar-refractivity contribution in [3.05, 3.63) is 158 Å². The smallest absolute Gasteiger partial charge is 0.153 e. The molecule has 0 aliphatic heterocycles. The van der Waals surface area contributed by atoms with Gasteiger partial charge in [-0.2, -0.15) is 0 Å². The Balaban J connectivity index is 1.35. The van der Waals surface area contributed by atoms with Crippen molar-refractivity contribution in [2.75, 3.05) is 0 Å². The second-order valence-electron chi connectivity index (χ2n) is 11.6. The highest BCUT2D eigenvalue weighted by atomic mass is 16.3. The lowest BCUT2D eigenvalue weighted by Crippen LogP contribution is -1.98. The van der Waals surface area contributed by atoms with Crippen LogP contribution in [-0.4, -0.2) is 19.6 Å². The Hall–Kier alpha value is -6.46. The summed E-state index contributed by atoms with van der Waals surface area (Å²) in [7, 11) is 0. The number of benzene rings is 6. The topological polar surface area (TPSA) is 64.1 Å². The molecular weight excluding hydrogens is 578 g/mol. The lowest BCUT2D eigenvalue weighted by molar-refractivity contribution is 0.476. The minimum Gasteiger partial charge on any atom is -0.507 e. The Morgan fingerprint density at radius 2 is 1.32 bits per heavy atom. The Morgan fingerprint density at radius 3 is 2.15 bits per heavy atom. The molecule has 6 aromatic carbocycles. The molecule has 5 nitrogen and oxygen atoms in total. The molecule has 0 saturated carbocycles. The van der Waals surface area contributed by atoms with Crippen LogP contribution in [0.4, 0.5) is 0 Å². The number of rotatable bonds is 5. The number of furan rings is 1. The predicted octanol–water partition coefficient (Wildman–Crippen LogP) is 10.7. The predicted molar refractivity (Wildman–Crippen MR) is 190 cm³/mol. The van der Waals surface area contributed by atoms with Crippen LogP contribution in [0.15, 0.2) is 162 Å². The molecule has 0 spiro atoms. The zero-order valence-corrected chi connectivity index (χ0v) is 25.2. The second kappa shape index (κ2) is 10.9. The summed E-state index contributed by atoms with van der Waals surface area (Å²) in [4.78, 5) is 10.0. The number of imidazole rings is 1. The van der Waals surface area contributed by atoms with Gasteiger partial charge in [-0.05, 0) is 83.4 Å². The lowest BCUT2D eigenvalue weighted by atomic mass is 9.94. The fourth-order valence-electron chi connectivity index (χ4n) is 6.59. The van der Waals surface area contributed by atoms with E-state index < -0.39 is 0 Å². The molecule has 0 radical (unpaired) electrons. The van der Waals surface area contributed by atoms with Gasteiger partial charge in [0, 0.05) is 33.8 Å². The zero-order chi connectivity index (χ0) is 31.3. The summed E-state index contributed by atoms with van der Waals surface area (Å²) in [5, 5.41) is 13.4. The van der Waals surface area contributed by atoms with Crippen LogP contribution in [0.1, 0.15) is 0 Å². The minimum atomic E-state index is 0.106. The molecule has 0 atom stereocenters. The third-order valence-corrected chi connectivity index (χ3v) is 8.76. The van der Waals surface area contributed by atoms with E-state index in [4.69, 9.17) is 9.40 Å². The van der Waals surface area contributed by atoms with Crippen molar-refractivity contribution < 1.29 is 9.52 Å². The first-order valence-corrected chi connectivity index (χ1v) is 15.6. The number of hydrogen-bond donors (Lipinski definition) is 1. The van der Waals surface area contributed by atoms with E-state index in [1.807, 2.05) is 79.0 Å². The molecule has 0 bridgehead atoms. The number of phenols is 1. The molecule has 0 aliphatic carbocycles. The molecule has 0 saturated heterocycles. The average Bonchev–Trinajstić information content (AvgIpc) is 3.71. The maximum atomic E-state index is 11.5. The first kappa shape index (κ1) is 26.9. The van der Waals surface area contributed by atoms with Crippen LogP contribution in [0.3, 0.4) is 0 Å². The van der Waals surface area contributed by atoms with Gasteiger partial charge in [-0.25, -0.2) is 4.98 Å². The Morgan fingerprint density at radius 1 is 0.574 bits per heavy atom. The van der Waals surface area contributed by atoms with Gasteiger partial charge < -0.3 is 9.52 Å². The van der Waals surface area contributed by atoms with Crippen molar-refractivity contribution in [1.82, 2.24) is 14.5 Å².